The molecule has 0 N–H and O–H groups in total. The van der Waals surface area contributed by atoms with E-state index in [1.807, 2.05) is 0 Å². The number of hydrogen-bond donors (Lipinski definition) is 0. The number of nitro benzene ring substituents is 2. The zero-order valence-electron chi connectivity index (χ0n) is 15.4. The van der Waals surface area contributed by atoms with Crippen molar-refractivity contribution in [3.63, 3.8) is 0 Å². The number of aryl methyl sites for hydroxylation is 1. The molecule has 1 heterocycles. The fourth-order valence-corrected chi connectivity index (χ4v) is 2.58. The second-order valence-corrected chi connectivity index (χ2v) is 6.10. The maximum Gasteiger partial charge on any atom is 0.280 e. The molecule has 12 heteroatoms. The number of non-ortho nitro benzene ring substituents is 2. The van der Waals surface area contributed by atoms with Crippen molar-refractivity contribution in [3.05, 3.63) is 86.7 Å². The van der Waals surface area contributed by atoms with Gasteiger partial charge in [-0.2, -0.15) is 5.10 Å². The van der Waals surface area contributed by atoms with E-state index >= 15 is 0 Å². The number of nitro groups is 2. The summed E-state index contributed by atoms with van der Waals surface area (Å²) < 4.78 is 14.9. The van der Waals surface area contributed by atoms with Gasteiger partial charge in [-0.1, -0.05) is 17.3 Å². The number of benzene rings is 2. The topological polar surface area (TPSA) is 139 Å². The Hall–Kier alpha value is -4.22. The first-order valence-corrected chi connectivity index (χ1v) is 8.68. The summed E-state index contributed by atoms with van der Waals surface area (Å²) in [6, 6.07) is 8.46. The quantitative estimate of drug-likeness (QED) is 0.297. The average Bonchev–Trinajstić information content (AvgIpc) is 3.24. The molecule has 0 saturated carbocycles. The van der Waals surface area contributed by atoms with Crippen LogP contribution in [0.15, 0.2) is 60.3 Å². The summed E-state index contributed by atoms with van der Waals surface area (Å²) in [5.41, 5.74) is 0.0204. The summed E-state index contributed by atoms with van der Waals surface area (Å²) in [6.45, 7) is 0.544. The second kappa shape index (κ2) is 9.32. The number of rotatable bonds is 9. The van der Waals surface area contributed by atoms with Crippen molar-refractivity contribution in [1.29, 1.82) is 0 Å². The first-order valence-electron chi connectivity index (χ1n) is 8.68. The van der Waals surface area contributed by atoms with Crippen LogP contribution in [0, 0.1) is 26.0 Å². The molecule has 0 aliphatic heterocycles. The molecule has 0 atom stereocenters. The largest absolute Gasteiger partial charge is 0.356 e. The molecule has 0 spiro atoms. The minimum absolute atomic E-state index is 0.160. The van der Waals surface area contributed by atoms with Crippen LogP contribution in [-0.2, 0) is 6.54 Å². The Labute approximate surface area is 168 Å². The van der Waals surface area contributed by atoms with E-state index in [1.165, 1.54) is 30.6 Å². The summed E-state index contributed by atoms with van der Waals surface area (Å²) in [7, 11) is 0. The number of hydrogen-bond acceptors (Lipinski definition) is 8. The first kappa shape index (κ1) is 20.5. The number of oxime groups is 1. The third-order valence-corrected chi connectivity index (χ3v) is 4.00. The van der Waals surface area contributed by atoms with Crippen LogP contribution in [0.3, 0.4) is 0 Å². The molecule has 0 radical (unpaired) electrons. The minimum atomic E-state index is -0.761. The molecule has 0 fully saturated rings. The summed E-state index contributed by atoms with van der Waals surface area (Å²) in [6.07, 6.45) is 3.97. The van der Waals surface area contributed by atoms with E-state index in [0.29, 0.717) is 30.7 Å². The van der Waals surface area contributed by atoms with Crippen molar-refractivity contribution in [3.8, 4) is 5.75 Å². The Balaban J connectivity index is 1.84. The molecule has 0 saturated heterocycles. The maximum absolute atomic E-state index is 13.3. The van der Waals surface area contributed by atoms with Gasteiger partial charge < -0.3 is 4.84 Å². The minimum Gasteiger partial charge on any atom is -0.356 e. The van der Waals surface area contributed by atoms with Crippen molar-refractivity contribution in [2.45, 2.75) is 19.4 Å². The maximum atomic E-state index is 13.3. The highest BCUT2D eigenvalue weighted by molar-refractivity contribution is 6.00. The van der Waals surface area contributed by atoms with Gasteiger partial charge in [-0.3, -0.25) is 24.9 Å². The van der Waals surface area contributed by atoms with Gasteiger partial charge in [-0.05, 0) is 30.5 Å². The Morgan fingerprint density at radius 2 is 1.77 bits per heavy atom. The first-order chi connectivity index (χ1) is 14.4. The van der Waals surface area contributed by atoms with E-state index in [4.69, 9.17) is 4.84 Å². The second-order valence-electron chi connectivity index (χ2n) is 6.10. The van der Waals surface area contributed by atoms with Crippen LogP contribution in [-0.4, -0.2) is 30.3 Å². The van der Waals surface area contributed by atoms with Gasteiger partial charge in [-0.25, -0.2) is 9.37 Å². The average molecular weight is 414 g/mol. The highest BCUT2D eigenvalue weighted by Gasteiger charge is 2.18. The zero-order valence-corrected chi connectivity index (χ0v) is 15.4. The highest BCUT2D eigenvalue weighted by Crippen LogP contribution is 2.27. The van der Waals surface area contributed by atoms with Gasteiger partial charge in [-0.15, -0.1) is 0 Å². The molecule has 30 heavy (non-hydrogen) atoms. The normalized spacial score (nSPS) is 11.3. The highest BCUT2D eigenvalue weighted by atomic mass is 19.1. The molecule has 2 aromatic carbocycles. The van der Waals surface area contributed by atoms with Gasteiger partial charge in [0.05, 0.1) is 33.8 Å². The smallest absolute Gasteiger partial charge is 0.280 e. The lowest BCUT2D eigenvalue weighted by Crippen LogP contribution is -2.07. The van der Waals surface area contributed by atoms with Crippen LogP contribution < -0.4 is 4.84 Å². The van der Waals surface area contributed by atoms with E-state index in [-0.39, 0.29) is 5.75 Å². The number of aromatic nitrogens is 3. The van der Waals surface area contributed by atoms with Gasteiger partial charge in [0.2, 0.25) is 0 Å². The Bertz CT molecular complexity index is 1040. The molecule has 0 aliphatic carbocycles. The van der Waals surface area contributed by atoms with Gasteiger partial charge in [0.15, 0.2) is 5.75 Å². The van der Waals surface area contributed by atoms with Crippen molar-refractivity contribution in [2.75, 3.05) is 0 Å². The summed E-state index contributed by atoms with van der Waals surface area (Å²) in [5, 5.41) is 30.1. The van der Waals surface area contributed by atoms with E-state index in [9.17, 15) is 24.6 Å². The molecule has 154 valence electrons. The predicted molar refractivity (Wildman–Crippen MR) is 103 cm³/mol. The molecular formula is C18H15FN6O5. The lowest BCUT2D eigenvalue weighted by molar-refractivity contribution is -0.394. The standard InChI is InChI=1S/C18H15FN6O5/c19-14-5-3-13(4-6-14)18(2-1-7-23-12-20-11-21-23)22-30-17-9-15(24(26)27)8-16(10-17)25(28)29/h3-6,8-12H,1-2,7H2/b22-18-. The van der Waals surface area contributed by atoms with Crippen LogP contribution in [0.1, 0.15) is 18.4 Å². The fraction of sp³-hybridized carbons (Fsp3) is 0.167. The van der Waals surface area contributed by atoms with Gasteiger partial charge in [0.25, 0.3) is 11.4 Å². The van der Waals surface area contributed by atoms with Crippen LogP contribution in [0.25, 0.3) is 0 Å². The third-order valence-electron chi connectivity index (χ3n) is 4.00. The molecule has 0 unspecified atom stereocenters. The van der Waals surface area contributed by atoms with Gasteiger partial charge in [0, 0.05) is 6.54 Å². The molecule has 3 rings (SSSR count). The molecule has 0 aliphatic rings. The Morgan fingerprint density at radius 3 is 2.33 bits per heavy atom. The van der Waals surface area contributed by atoms with Crippen molar-refractivity contribution in [2.24, 2.45) is 5.16 Å². The van der Waals surface area contributed by atoms with E-state index in [1.54, 1.807) is 11.0 Å². The molecule has 11 nitrogen and oxygen atoms in total. The summed E-state index contributed by atoms with van der Waals surface area (Å²) >= 11 is 0. The van der Waals surface area contributed by atoms with E-state index in [0.717, 1.165) is 18.2 Å². The van der Waals surface area contributed by atoms with E-state index < -0.39 is 27.0 Å². The molecular weight excluding hydrogens is 399 g/mol. The molecule has 0 bridgehead atoms. The number of nitrogens with zero attached hydrogens (tertiary/aromatic N) is 6. The summed E-state index contributed by atoms with van der Waals surface area (Å²) in [4.78, 5) is 29.6. The monoisotopic (exact) mass is 414 g/mol. The van der Waals surface area contributed by atoms with Crippen LogP contribution >= 0.6 is 0 Å². The lowest BCUT2D eigenvalue weighted by atomic mass is 10.1. The van der Waals surface area contributed by atoms with Crippen LogP contribution in [0.2, 0.25) is 0 Å². The fourth-order valence-electron chi connectivity index (χ4n) is 2.58. The lowest BCUT2D eigenvalue weighted by Gasteiger charge is -2.08. The SMILES string of the molecule is O=[N+]([O-])c1cc(O/N=C(/CCCn2cncn2)c2ccc(F)cc2)cc([N+](=O)[O-])c1. The van der Waals surface area contributed by atoms with Crippen molar-refractivity contribution >= 4 is 17.1 Å². The van der Waals surface area contributed by atoms with Crippen LogP contribution in [0.5, 0.6) is 5.75 Å². The molecule has 1 aromatic heterocycles. The number of halogens is 1. The molecule has 0 amide bonds. The van der Waals surface area contributed by atoms with Crippen LogP contribution in [0.4, 0.5) is 15.8 Å². The molecule has 3 aromatic rings. The third kappa shape index (κ3) is 5.41. The van der Waals surface area contributed by atoms with E-state index in [2.05, 4.69) is 15.2 Å². The Kier molecular flexibility index (Phi) is 6.37. The van der Waals surface area contributed by atoms with Gasteiger partial charge in [0.1, 0.15) is 18.5 Å². The van der Waals surface area contributed by atoms with Gasteiger partial charge >= 0.3 is 0 Å². The van der Waals surface area contributed by atoms with Crippen molar-refractivity contribution < 1.29 is 19.1 Å². The zero-order chi connectivity index (χ0) is 21.5. The van der Waals surface area contributed by atoms with Crippen molar-refractivity contribution in [1.82, 2.24) is 14.8 Å². The predicted octanol–water partition coefficient (Wildman–Crippen LogP) is 3.50. The summed E-state index contributed by atoms with van der Waals surface area (Å²) in [5.74, 6) is -0.581. The Morgan fingerprint density at radius 1 is 1.10 bits per heavy atom.